The smallest absolute Gasteiger partial charge is 0.322 e. The molecule has 3 rings (SSSR count). The number of Topliss-reactive ketones (excluding diaryl/α,β-unsaturated/α-hetero) is 1. The number of nitrogens with zero attached hydrogens (tertiary/aromatic N) is 3. The highest BCUT2D eigenvalue weighted by atomic mass is 32.1. The fraction of sp³-hybridized carbons (Fsp3) is 0.320. The summed E-state index contributed by atoms with van der Waals surface area (Å²) in [6.45, 7) is 3.88. The Labute approximate surface area is 199 Å². The number of amides is 2. The molecule has 0 unspecified atom stereocenters. The summed E-state index contributed by atoms with van der Waals surface area (Å²) < 4.78 is 0. The van der Waals surface area contributed by atoms with E-state index in [4.69, 9.17) is 5.73 Å². The van der Waals surface area contributed by atoms with Crippen LogP contribution in [0.25, 0.3) is 0 Å². The lowest BCUT2D eigenvalue weighted by Crippen LogP contribution is -2.36. The number of benzene rings is 1. The van der Waals surface area contributed by atoms with Crippen LogP contribution in [0.3, 0.4) is 0 Å². The largest absolute Gasteiger partial charge is 0.398 e. The molecule has 2 heterocycles. The van der Waals surface area contributed by atoms with E-state index in [1.807, 2.05) is 62.1 Å². The molecule has 1 aromatic carbocycles. The van der Waals surface area contributed by atoms with E-state index < -0.39 is 0 Å². The van der Waals surface area contributed by atoms with E-state index in [-0.39, 0.29) is 18.2 Å². The number of nitrogens with one attached hydrogen (secondary N) is 1. The Kier molecular flexibility index (Phi) is 8.57. The minimum absolute atomic E-state index is 0.0771. The van der Waals surface area contributed by atoms with Crippen molar-refractivity contribution in [2.45, 2.75) is 26.3 Å². The minimum atomic E-state index is -0.160. The minimum Gasteiger partial charge on any atom is -0.398 e. The Morgan fingerprint density at radius 3 is 2.58 bits per heavy atom. The number of carbonyl (C=O) groups excluding carboxylic acids is 2. The second-order valence-corrected chi connectivity index (χ2v) is 9.13. The third kappa shape index (κ3) is 7.40. The van der Waals surface area contributed by atoms with Gasteiger partial charge < -0.3 is 20.9 Å². The number of hydrogen-bond acceptors (Lipinski definition) is 6. The maximum absolute atomic E-state index is 13.0. The van der Waals surface area contributed by atoms with Gasteiger partial charge >= 0.3 is 6.03 Å². The van der Waals surface area contributed by atoms with Crippen molar-refractivity contribution in [3.63, 3.8) is 0 Å². The van der Waals surface area contributed by atoms with Gasteiger partial charge in [-0.25, -0.2) is 4.79 Å². The number of aryl methyl sites for hydroxylation is 1. The molecule has 2 aromatic heterocycles. The molecule has 0 fully saturated rings. The number of hydrogen-bond donors (Lipinski definition) is 2. The van der Waals surface area contributed by atoms with E-state index in [0.29, 0.717) is 24.5 Å². The summed E-state index contributed by atoms with van der Waals surface area (Å²) >= 11 is 1.48. The summed E-state index contributed by atoms with van der Waals surface area (Å²) in [7, 11) is 4.03. The Morgan fingerprint density at radius 1 is 1.12 bits per heavy atom. The number of rotatable bonds is 10. The Bertz CT molecular complexity index is 1080. The van der Waals surface area contributed by atoms with Gasteiger partial charge in [0.25, 0.3) is 0 Å². The van der Waals surface area contributed by atoms with Crippen molar-refractivity contribution in [2.24, 2.45) is 0 Å². The quantitative estimate of drug-likeness (QED) is 0.432. The average molecular weight is 466 g/mol. The van der Waals surface area contributed by atoms with Crippen LogP contribution in [-0.2, 0) is 13.0 Å². The molecular weight excluding hydrogens is 434 g/mol. The summed E-state index contributed by atoms with van der Waals surface area (Å²) in [5, 5.41) is 6.70. The molecule has 0 aliphatic heterocycles. The number of pyridine rings is 1. The first-order chi connectivity index (χ1) is 15.8. The fourth-order valence-corrected chi connectivity index (χ4v) is 4.15. The summed E-state index contributed by atoms with van der Waals surface area (Å²) in [4.78, 5) is 33.8. The Balaban J connectivity index is 1.67. The van der Waals surface area contributed by atoms with Gasteiger partial charge in [-0.2, -0.15) is 0 Å². The third-order valence-corrected chi connectivity index (χ3v) is 6.01. The van der Waals surface area contributed by atoms with Gasteiger partial charge in [0.15, 0.2) is 5.78 Å². The lowest BCUT2D eigenvalue weighted by Gasteiger charge is -2.24. The molecule has 3 aromatic rings. The Morgan fingerprint density at radius 2 is 1.94 bits per heavy atom. The van der Waals surface area contributed by atoms with Crippen molar-refractivity contribution in [2.75, 3.05) is 38.2 Å². The average Bonchev–Trinajstić information content (AvgIpc) is 3.17. The molecule has 7 nitrogen and oxygen atoms in total. The standard InChI is InChI=1S/C25H31N5O2S/c1-18-6-4-7-21(12-18)28-25(32)30(11-5-10-29(2)3)15-19-8-9-23(27-14-19)24(31)13-20-16-33-17-22(20)26/h4,6-9,12,14,16-17H,5,10-11,13,15,26H2,1-3H3,(H,28,32). The van der Waals surface area contributed by atoms with Crippen LogP contribution < -0.4 is 11.1 Å². The van der Waals surface area contributed by atoms with Crippen LogP contribution in [0.1, 0.15) is 33.6 Å². The zero-order valence-corrected chi connectivity index (χ0v) is 20.2. The van der Waals surface area contributed by atoms with Gasteiger partial charge in [0.1, 0.15) is 5.69 Å². The first-order valence-corrected chi connectivity index (χ1v) is 11.8. The van der Waals surface area contributed by atoms with Gasteiger partial charge in [0.2, 0.25) is 0 Å². The summed E-state index contributed by atoms with van der Waals surface area (Å²) in [5.41, 5.74) is 10.5. The van der Waals surface area contributed by atoms with Gasteiger partial charge in [-0.3, -0.25) is 9.78 Å². The molecule has 0 aliphatic rings. The predicted octanol–water partition coefficient (Wildman–Crippen LogP) is 4.44. The SMILES string of the molecule is Cc1cccc(NC(=O)N(CCCN(C)C)Cc2ccc(C(=O)Cc3cscc3N)nc2)c1. The molecule has 0 radical (unpaired) electrons. The zero-order valence-electron chi connectivity index (χ0n) is 19.4. The molecule has 2 amide bonds. The monoisotopic (exact) mass is 465 g/mol. The van der Waals surface area contributed by atoms with Gasteiger partial charge in [-0.15, -0.1) is 11.3 Å². The molecule has 33 heavy (non-hydrogen) atoms. The van der Waals surface area contributed by atoms with Crippen molar-refractivity contribution in [1.29, 1.82) is 0 Å². The second-order valence-electron chi connectivity index (χ2n) is 8.38. The summed E-state index contributed by atoms with van der Waals surface area (Å²) in [6, 6.07) is 11.2. The van der Waals surface area contributed by atoms with Gasteiger partial charge in [-0.05, 0) is 74.3 Å². The first kappa shape index (κ1) is 24.4. The molecular formula is C25H31N5O2S. The topological polar surface area (TPSA) is 91.6 Å². The molecule has 3 N–H and O–H groups in total. The first-order valence-electron chi connectivity index (χ1n) is 10.9. The molecule has 0 saturated heterocycles. The molecule has 0 saturated carbocycles. The number of nitrogen functional groups attached to an aromatic ring is 1. The van der Waals surface area contributed by atoms with E-state index in [0.717, 1.165) is 35.3 Å². The van der Waals surface area contributed by atoms with Crippen molar-refractivity contribution in [3.05, 3.63) is 75.7 Å². The van der Waals surface area contributed by atoms with E-state index in [2.05, 4.69) is 15.2 Å². The number of thiophene rings is 1. The lowest BCUT2D eigenvalue weighted by atomic mass is 10.1. The maximum Gasteiger partial charge on any atom is 0.322 e. The molecule has 0 atom stereocenters. The van der Waals surface area contributed by atoms with Crippen LogP contribution in [0, 0.1) is 6.92 Å². The second kappa shape index (κ2) is 11.6. The van der Waals surface area contributed by atoms with Crippen LogP contribution in [-0.4, -0.2) is 53.8 Å². The van der Waals surface area contributed by atoms with E-state index in [1.54, 1.807) is 17.2 Å². The van der Waals surface area contributed by atoms with E-state index >= 15 is 0 Å². The van der Waals surface area contributed by atoms with E-state index in [9.17, 15) is 9.59 Å². The third-order valence-electron chi connectivity index (χ3n) is 5.20. The van der Waals surface area contributed by atoms with Gasteiger partial charge in [0.05, 0.1) is 0 Å². The number of aromatic nitrogens is 1. The number of urea groups is 1. The van der Waals surface area contributed by atoms with Crippen molar-refractivity contribution in [1.82, 2.24) is 14.8 Å². The number of ketones is 1. The van der Waals surface area contributed by atoms with Crippen LogP contribution in [0.2, 0.25) is 0 Å². The van der Waals surface area contributed by atoms with Crippen LogP contribution in [0.15, 0.2) is 53.4 Å². The lowest BCUT2D eigenvalue weighted by molar-refractivity contribution is 0.0988. The zero-order chi connectivity index (χ0) is 23.8. The van der Waals surface area contributed by atoms with Crippen LogP contribution in [0.4, 0.5) is 16.2 Å². The van der Waals surface area contributed by atoms with Gasteiger partial charge in [0, 0.05) is 42.5 Å². The summed E-state index contributed by atoms with van der Waals surface area (Å²) in [6.07, 6.45) is 2.75. The van der Waals surface area contributed by atoms with E-state index in [1.165, 1.54) is 11.3 Å². The molecule has 0 spiro atoms. The summed E-state index contributed by atoms with van der Waals surface area (Å²) in [5.74, 6) is -0.0771. The molecule has 0 bridgehead atoms. The molecule has 0 aliphatic carbocycles. The number of nitrogens with two attached hydrogens (primary N) is 1. The van der Waals surface area contributed by atoms with Crippen molar-refractivity contribution in [3.8, 4) is 0 Å². The predicted molar refractivity (Wildman–Crippen MR) is 135 cm³/mol. The van der Waals surface area contributed by atoms with Crippen LogP contribution >= 0.6 is 11.3 Å². The van der Waals surface area contributed by atoms with Crippen LogP contribution in [0.5, 0.6) is 0 Å². The highest BCUT2D eigenvalue weighted by molar-refractivity contribution is 7.08. The highest BCUT2D eigenvalue weighted by Gasteiger charge is 2.16. The van der Waals surface area contributed by atoms with Gasteiger partial charge in [-0.1, -0.05) is 18.2 Å². The Hall–Kier alpha value is -3.23. The number of anilines is 2. The fourth-order valence-electron chi connectivity index (χ4n) is 3.40. The normalized spacial score (nSPS) is 10.9. The molecule has 8 heteroatoms. The maximum atomic E-state index is 13.0. The van der Waals surface area contributed by atoms with Crippen molar-refractivity contribution < 1.29 is 9.59 Å². The van der Waals surface area contributed by atoms with Crippen molar-refractivity contribution >= 4 is 34.5 Å². The highest BCUT2D eigenvalue weighted by Crippen LogP contribution is 2.19. The molecule has 174 valence electrons. The number of carbonyl (C=O) groups is 2.